The number of aryl methyl sites for hydroxylation is 1. The van der Waals surface area contributed by atoms with Crippen molar-refractivity contribution in [2.24, 2.45) is 5.92 Å². The monoisotopic (exact) mass is 326 g/mol. The van der Waals surface area contributed by atoms with Gasteiger partial charge in [0, 0.05) is 11.5 Å². The van der Waals surface area contributed by atoms with Crippen LogP contribution in [-0.2, 0) is 0 Å². The summed E-state index contributed by atoms with van der Waals surface area (Å²) in [5.41, 5.74) is 4.64. The van der Waals surface area contributed by atoms with Crippen LogP contribution in [0.1, 0.15) is 69.9 Å². The molecule has 3 unspecified atom stereocenters. The quantitative estimate of drug-likeness (QED) is 0.684. The van der Waals surface area contributed by atoms with Gasteiger partial charge in [-0.05, 0) is 83.4 Å². The lowest BCUT2D eigenvalue weighted by Gasteiger charge is -2.48. The van der Waals surface area contributed by atoms with Gasteiger partial charge in [-0.25, -0.2) is 0 Å². The van der Waals surface area contributed by atoms with E-state index in [0.717, 1.165) is 49.0 Å². The molecule has 2 heteroatoms. The van der Waals surface area contributed by atoms with Crippen LogP contribution in [0.15, 0.2) is 35.9 Å². The zero-order valence-corrected chi connectivity index (χ0v) is 15.5. The molecule has 3 rings (SSSR count). The fourth-order valence-electron chi connectivity index (χ4n) is 4.46. The minimum Gasteiger partial charge on any atom is -0.508 e. The van der Waals surface area contributed by atoms with E-state index < -0.39 is 0 Å². The van der Waals surface area contributed by atoms with E-state index in [1.54, 1.807) is 0 Å². The highest BCUT2D eigenvalue weighted by Crippen LogP contribution is 2.56. The molecule has 130 valence electrons. The molecule has 2 nitrogen and oxygen atoms in total. The SMILES string of the molecule is C=C(CCC=C(C)C)C1CCC2(C)CC1c1c(O)cc(C)cc1O2. The van der Waals surface area contributed by atoms with Crippen LogP contribution < -0.4 is 4.74 Å². The van der Waals surface area contributed by atoms with Gasteiger partial charge in [0.05, 0.1) is 0 Å². The average molecular weight is 326 g/mol. The first kappa shape index (κ1) is 17.1. The molecule has 1 heterocycles. The third-order valence-corrected chi connectivity index (χ3v) is 5.66. The summed E-state index contributed by atoms with van der Waals surface area (Å²) in [4.78, 5) is 0. The Labute approximate surface area is 146 Å². The Morgan fingerprint density at radius 1 is 1.42 bits per heavy atom. The third-order valence-electron chi connectivity index (χ3n) is 5.66. The molecule has 0 aromatic heterocycles. The summed E-state index contributed by atoms with van der Waals surface area (Å²) in [7, 11) is 0. The number of phenolic OH excluding ortho intramolecular Hbond substituents is 1. The number of hydrogen-bond acceptors (Lipinski definition) is 2. The van der Waals surface area contributed by atoms with Crippen molar-refractivity contribution in [3.8, 4) is 11.5 Å². The van der Waals surface area contributed by atoms with Gasteiger partial charge in [-0.3, -0.25) is 0 Å². The highest BCUT2D eigenvalue weighted by atomic mass is 16.5. The van der Waals surface area contributed by atoms with E-state index in [1.165, 1.54) is 11.1 Å². The number of hydrogen-bond donors (Lipinski definition) is 1. The van der Waals surface area contributed by atoms with Gasteiger partial charge in [-0.2, -0.15) is 0 Å². The number of ether oxygens (including phenoxy) is 1. The maximum atomic E-state index is 10.6. The van der Waals surface area contributed by atoms with E-state index in [9.17, 15) is 5.11 Å². The predicted octanol–water partition coefficient (Wildman–Crippen LogP) is 6.04. The van der Waals surface area contributed by atoms with Gasteiger partial charge >= 0.3 is 0 Å². The minimum absolute atomic E-state index is 0.103. The third kappa shape index (κ3) is 3.24. The fraction of sp³-hybridized carbons (Fsp3) is 0.545. The largest absolute Gasteiger partial charge is 0.508 e. The number of aromatic hydroxyl groups is 1. The molecule has 0 amide bonds. The normalized spacial score (nSPS) is 27.8. The topological polar surface area (TPSA) is 29.5 Å². The van der Waals surface area contributed by atoms with Crippen LogP contribution in [0.2, 0.25) is 0 Å². The summed E-state index contributed by atoms with van der Waals surface area (Å²) in [6.07, 6.45) is 7.52. The van der Waals surface area contributed by atoms with Crippen molar-refractivity contribution >= 4 is 0 Å². The predicted molar refractivity (Wildman–Crippen MR) is 99.8 cm³/mol. The highest BCUT2D eigenvalue weighted by Gasteiger charge is 2.46. The van der Waals surface area contributed by atoms with Crippen LogP contribution in [0, 0.1) is 12.8 Å². The molecule has 1 aromatic carbocycles. The van der Waals surface area contributed by atoms with Gasteiger partial charge in [0.1, 0.15) is 17.1 Å². The molecular formula is C22H30O2. The molecule has 1 saturated carbocycles. The van der Waals surface area contributed by atoms with Gasteiger partial charge in [0.15, 0.2) is 0 Å². The molecule has 3 atom stereocenters. The summed E-state index contributed by atoms with van der Waals surface area (Å²) in [5.74, 6) is 2.04. The van der Waals surface area contributed by atoms with Crippen molar-refractivity contribution in [2.45, 2.75) is 71.3 Å². The summed E-state index contributed by atoms with van der Waals surface area (Å²) < 4.78 is 6.29. The Morgan fingerprint density at radius 2 is 2.17 bits per heavy atom. The van der Waals surface area contributed by atoms with E-state index in [-0.39, 0.29) is 5.60 Å². The van der Waals surface area contributed by atoms with Crippen LogP contribution >= 0.6 is 0 Å². The van der Waals surface area contributed by atoms with E-state index >= 15 is 0 Å². The molecule has 24 heavy (non-hydrogen) atoms. The summed E-state index contributed by atoms with van der Waals surface area (Å²) >= 11 is 0. The average Bonchev–Trinajstić information content (AvgIpc) is 2.45. The van der Waals surface area contributed by atoms with Crippen molar-refractivity contribution in [1.82, 2.24) is 0 Å². The molecule has 2 bridgehead atoms. The Bertz CT molecular complexity index is 681. The maximum absolute atomic E-state index is 10.6. The highest BCUT2D eigenvalue weighted by molar-refractivity contribution is 5.52. The number of fused-ring (bicyclic) bond motifs is 4. The van der Waals surface area contributed by atoms with E-state index in [2.05, 4.69) is 39.5 Å². The van der Waals surface area contributed by atoms with Crippen LogP contribution in [-0.4, -0.2) is 10.7 Å². The second-order valence-electron chi connectivity index (χ2n) is 8.18. The van der Waals surface area contributed by atoms with Gasteiger partial charge in [0.25, 0.3) is 0 Å². The van der Waals surface area contributed by atoms with Crippen molar-refractivity contribution in [3.63, 3.8) is 0 Å². The molecule has 1 aliphatic carbocycles. The second-order valence-corrected chi connectivity index (χ2v) is 8.18. The summed E-state index contributed by atoms with van der Waals surface area (Å²) in [6, 6.07) is 3.94. The van der Waals surface area contributed by atoms with Crippen molar-refractivity contribution in [1.29, 1.82) is 0 Å². The van der Waals surface area contributed by atoms with Crippen molar-refractivity contribution in [3.05, 3.63) is 47.1 Å². The Hall–Kier alpha value is -1.70. The maximum Gasteiger partial charge on any atom is 0.127 e. The van der Waals surface area contributed by atoms with Crippen LogP contribution in [0.25, 0.3) is 0 Å². The first-order valence-electron chi connectivity index (χ1n) is 9.12. The number of allylic oxidation sites excluding steroid dienone is 3. The van der Waals surface area contributed by atoms with E-state index in [0.29, 0.717) is 17.6 Å². The van der Waals surface area contributed by atoms with Gasteiger partial charge in [-0.1, -0.05) is 23.8 Å². The Kier molecular flexibility index (Phi) is 4.50. The molecule has 0 radical (unpaired) electrons. The molecule has 0 saturated heterocycles. The Morgan fingerprint density at radius 3 is 2.88 bits per heavy atom. The number of benzene rings is 1. The molecular weight excluding hydrogens is 296 g/mol. The zero-order chi connectivity index (χ0) is 17.5. The van der Waals surface area contributed by atoms with E-state index in [1.807, 2.05) is 13.0 Å². The van der Waals surface area contributed by atoms with Crippen LogP contribution in [0.5, 0.6) is 11.5 Å². The molecule has 1 aliphatic heterocycles. The lowest BCUT2D eigenvalue weighted by Crippen LogP contribution is -2.44. The molecule has 0 spiro atoms. The lowest BCUT2D eigenvalue weighted by molar-refractivity contribution is 0.00585. The molecule has 2 aliphatic rings. The minimum atomic E-state index is -0.103. The van der Waals surface area contributed by atoms with Gasteiger partial charge < -0.3 is 9.84 Å². The number of phenols is 1. The molecule has 1 aromatic rings. The summed E-state index contributed by atoms with van der Waals surface area (Å²) in [5, 5.41) is 10.6. The standard InChI is InChI=1S/C22H30O2/c1-14(2)7-6-8-16(4)17-9-10-22(5)13-18(17)21-19(23)11-15(3)12-20(21)24-22/h7,11-12,17-18,23H,4,6,8-10,13H2,1-3,5H3. The molecule has 1 N–H and O–H groups in total. The van der Waals surface area contributed by atoms with Crippen molar-refractivity contribution in [2.75, 3.05) is 0 Å². The van der Waals surface area contributed by atoms with Crippen molar-refractivity contribution < 1.29 is 9.84 Å². The first-order valence-corrected chi connectivity index (χ1v) is 9.12. The van der Waals surface area contributed by atoms with E-state index in [4.69, 9.17) is 4.74 Å². The van der Waals surface area contributed by atoms with Gasteiger partial charge in [0.2, 0.25) is 0 Å². The lowest BCUT2D eigenvalue weighted by atomic mass is 9.65. The zero-order valence-electron chi connectivity index (χ0n) is 15.5. The molecule has 1 fully saturated rings. The fourth-order valence-corrected chi connectivity index (χ4v) is 4.46. The van der Waals surface area contributed by atoms with Crippen LogP contribution in [0.3, 0.4) is 0 Å². The first-order chi connectivity index (χ1) is 11.3. The second kappa shape index (κ2) is 6.31. The number of rotatable bonds is 4. The smallest absolute Gasteiger partial charge is 0.127 e. The van der Waals surface area contributed by atoms with Gasteiger partial charge in [-0.15, -0.1) is 0 Å². The summed E-state index contributed by atoms with van der Waals surface area (Å²) in [6.45, 7) is 12.9. The van der Waals surface area contributed by atoms with Crippen LogP contribution in [0.4, 0.5) is 0 Å². The Balaban J connectivity index is 1.89.